The lowest BCUT2D eigenvalue weighted by atomic mass is 10.0. The number of aromatic amines is 1. The maximum absolute atomic E-state index is 14.2. The molecular formula is C17H14FN3O. The lowest BCUT2D eigenvalue weighted by molar-refractivity contribution is 0.0950. The van der Waals surface area contributed by atoms with Crippen molar-refractivity contribution in [3.8, 4) is 11.1 Å². The Hall–Kier alpha value is -2.95. The maximum atomic E-state index is 14.2. The monoisotopic (exact) mass is 295 g/mol. The third-order valence-corrected chi connectivity index (χ3v) is 3.36. The third kappa shape index (κ3) is 3.03. The largest absolute Gasteiger partial charge is 0.348 e. The number of nitrogens with one attached hydrogen (secondary N) is 2. The number of rotatable bonds is 4. The van der Waals surface area contributed by atoms with Crippen molar-refractivity contribution >= 4 is 5.91 Å². The summed E-state index contributed by atoms with van der Waals surface area (Å²) < 4.78 is 14.2. The molecule has 0 radical (unpaired) electrons. The number of carbonyl (C=O) groups excluding carboxylic acids is 1. The van der Waals surface area contributed by atoms with E-state index in [1.165, 1.54) is 18.5 Å². The van der Waals surface area contributed by atoms with E-state index in [0.717, 1.165) is 11.1 Å². The molecule has 3 aromatic rings. The maximum Gasteiger partial charge on any atom is 0.254 e. The molecule has 0 aliphatic carbocycles. The molecule has 1 aromatic heterocycles. The van der Waals surface area contributed by atoms with Crippen LogP contribution in [-0.4, -0.2) is 16.1 Å². The summed E-state index contributed by atoms with van der Waals surface area (Å²) in [6.07, 6.45) is 2.91. The quantitative estimate of drug-likeness (QED) is 0.777. The Morgan fingerprint density at radius 2 is 1.95 bits per heavy atom. The molecule has 0 saturated heterocycles. The first-order chi connectivity index (χ1) is 10.7. The molecule has 1 heterocycles. The summed E-state index contributed by atoms with van der Waals surface area (Å²) in [6.45, 7) is 0.130. The number of halogens is 1. The molecule has 3 rings (SSSR count). The molecule has 0 aliphatic rings. The van der Waals surface area contributed by atoms with Crippen molar-refractivity contribution in [1.29, 1.82) is 0 Å². The lowest BCUT2D eigenvalue weighted by Gasteiger charge is -2.08. The van der Waals surface area contributed by atoms with Crippen LogP contribution in [0.5, 0.6) is 0 Å². The number of carbonyl (C=O) groups is 1. The van der Waals surface area contributed by atoms with Gasteiger partial charge in [-0.3, -0.25) is 9.89 Å². The first-order valence-electron chi connectivity index (χ1n) is 6.85. The minimum atomic E-state index is -0.339. The van der Waals surface area contributed by atoms with Gasteiger partial charge in [0, 0.05) is 18.3 Å². The summed E-state index contributed by atoms with van der Waals surface area (Å²) in [7, 11) is 0. The third-order valence-electron chi connectivity index (χ3n) is 3.36. The normalized spacial score (nSPS) is 10.4. The van der Waals surface area contributed by atoms with Crippen LogP contribution in [0.3, 0.4) is 0 Å². The average Bonchev–Trinajstić information content (AvgIpc) is 3.09. The summed E-state index contributed by atoms with van der Waals surface area (Å²) in [4.78, 5) is 11.8. The predicted molar refractivity (Wildman–Crippen MR) is 81.6 cm³/mol. The molecule has 0 bridgehead atoms. The van der Waals surface area contributed by atoms with E-state index in [2.05, 4.69) is 15.5 Å². The van der Waals surface area contributed by atoms with Crippen molar-refractivity contribution < 1.29 is 9.18 Å². The van der Waals surface area contributed by atoms with E-state index in [4.69, 9.17) is 0 Å². The zero-order valence-corrected chi connectivity index (χ0v) is 11.7. The highest BCUT2D eigenvalue weighted by atomic mass is 19.1. The summed E-state index contributed by atoms with van der Waals surface area (Å²) in [5, 5.41) is 8.92. The molecule has 2 aromatic carbocycles. The number of aromatic nitrogens is 2. The van der Waals surface area contributed by atoms with Crippen LogP contribution >= 0.6 is 0 Å². The predicted octanol–water partition coefficient (Wildman–Crippen LogP) is 3.15. The van der Waals surface area contributed by atoms with Crippen LogP contribution in [0.2, 0.25) is 0 Å². The van der Waals surface area contributed by atoms with Gasteiger partial charge in [0.1, 0.15) is 5.82 Å². The first-order valence-corrected chi connectivity index (χ1v) is 6.85. The molecule has 5 heteroatoms. The van der Waals surface area contributed by atoms with Crippen LogP contribution in [0.25, 0.3) is 11.1 Å². The van der Waals surface area contributed by atoms with Crippen LogP contribution in [0.1, 0.15) is 15.9 Å². The first kappa shape index (κ1) is 14.0. The molecular weight excluding hydrogens is 281 g/mol. The Morgan fingerprint density at radius 1 is 1.14 bits per heavy atom. The van der Waals surface area contributed by atoms with E-state index in [-0.39, 0.29) is 18.3 Å². The second-order valence-electron chi connectivity index (χ2n) is 4.84. The highest BCUT2D eigenvalue weighted by Gasteiger charge is 2.09. The van der Waals surface area contributed by atoms with Crippen LogP contribution in [0.15, 0.2) is 60.9 Å². The fraction of sp³-hybridized carbons (Fsp3) is 0.0588. The van der Waals surface area contributed by atoms with Gasteiger partial charge >= 0.3 is 0 Å². The van der Waals surface area contributed by atoms with Gasteiger partial charge in [0.25, 0.3) is 5.91 Å². The van der Waals surface area contributed by atoms with E-state index >= 15 is 0 Å². The van der Waals surface area contributed by atoms with Gasteiger partial charge in [-0.2, -0.15) is 5.10 Å². The van der Waals surface area contributed by atoms with Crippen molar-refractivity contribution in [3.63, 3.8) is 0 Å². The summed E-state index contributed by atoms with van der Waals surface area (Å²) >= 11 is 0. The fourth-order valence-corrected chi connectivity index (χ4v) is 2.15. The number of amides is 1. The SMILES string of the molecule is O=C(NCc1ccc(-c2ccccc2)cc1F)c1cn[nH]c1. The Kier molecular flexibility index (Phi) is 3.96. The fourth-order valence-electron chi connectivity index (χ4n) is 2.15. The number of hydrogen-bond acceptors (Lipinski definition) is 2. The molecule has 4 nitrogen and oxygen atoms in total. The van der Waals surface area contributed by atoms with Gasteiger partial charge in [0.2, 0.25) is 0 Å². The number of nitrogens with zero attached hydrogens (tertiary/aromatic N) is 1. The van der Waals surface area contributed by atoms with Gasteiger partial charge < -0.3 is 5.32 Å². The number of benzene rings is 2. The number of hydrogen-bond donors (Lipinski definition) is 2. The van der Waals surface area contributed by atoms with E-state index in [1.54, 1.807) is 6.07 Å². The van der Waals surface area contributed by atoms with Crippen molar-refractivity contribution in [2.75, 3.05) is 0 Å². The Morgan fingerprint density at radius 3 is 2.64 bits per heavy atom. The second-order valence-corrected chi connectivity index (χ2v) is 4.84. The van der Waals surface area contributed by atoms with E-state index in [9.17, 15) is 9.18 Å². The van der Waals surface area contributed by atoms with E-state index in [1.807, 2.05) is 36.4 Å². The van der Waals surface area contributed by atoms with Gasteiger partial charge in [-0.15, -0.1) is 0 Å². The van der Waals surface area contributed by atoms with E-state index in [0.29, 0.717) is 11.1 Å². The Labute approximate surface area is 127 Å². The highest BCUT2D eigenvalue weighted by Crippen LogP contribution is 2.21. The van der Waals surface area contributed by atoms with E-state index < -0.39 is 0 Å². The van der Waals surface area contributed by atoms with Gasteiger partial charge in [0.05, 0.1) is 11.8 Å². The Bertz CT molecular complexity index is 770. The molecule has 2 N–H and O–H groups in total. The zero-order chi connectivity index (χ0) is 15.4. The molecule has 1 amide bonds. The van der Waals surface area contributed by atoms with Crippen LogP contribution < -0.4 is 5.32 Å². The summed E-state index contributed by atoms with van der Waals surface area (Å²) in [5.41, 5.74) is 2.62. The smallest absolute Gasteiger partial charge is 0.254 e. The molecule has 22 heavy (non-hydrogen) atoms. The summed E-state index contributed by atoms with van der Waals surface area (Å²) in [5.74, 6) is -0.630. The Balaban J connectivity index is 1.72. The summed E-state index contributed by atoms with van der Waals surface area (Å²) in [6, 6.07) is 14.6. The number of H-pyrrole nitrogens is 1. The second kappa shape index (κ2) is 6.22. The minimum absolute atomic E-state index is 0.130. The standard InChI is InChI=1S/C17H14FN3O/c18-16-8-13(12-4-2-1-3-5-12)6-7-14(16)9-19-17(22)15-10-20-21-11-15/h1-8,10-11H,9H2,(H,19,22)(H,20,21). The molecule has 110 valence electrons. The van der Waals surface area contributed by atoms with Crippen LogP contribution in [-0.2, 0) is 6.54 Å². The molecule has 0 aliphatic heterocycles. The van der Waals surface area contributed by atoms with Gasteiger partial charge in [-0.25, -0.2) is 4.39 Å². The van der Waals surface area contributed by atoms with Gasteiger partial charge in [-0.1, -0.05) is 42.5 Å². The van der Waals surface area contributed by atoms with Crippen LogP contribution in [0, 0.1) is 5.82 Å². The van der Waals surface area contributed by atoms with Crippen molar-refractivity contribution in [3.05, 3.63) is 77.9 Å². The lowest BCUT2D eigenvalue weighted by Crippen LogP contribution is -2.22. The van der Waals surface area contributed by atoms with Gasteiger partial charge in [-0.05, 0) is 17.2 Å². The molecule has 0 spiro atoms. The highest BCUT2D eigenvalue weighted by molar-refractivity contribution is 5.93. The molecule has 0 unspecified atom stereocenters. The van der Waals surface area contributed by atoms with Gasteiger partial charge in [0.15, 0.2) is 0 Å². The molecule has 0 atom stereocenters. The van der Waals surface area contributed by atoms with Crippen molar-refractivity contribution in [2.45, 2.75) is 6.54 Å². The molecule has 0 fully saturated rings. The average molecular weight is 295 g/mol. The zero-order valence-electron chi connectivity index (χ0n) is 11.7. The topological polar surface area (TPSA) is 57.8 Å². The van der Waals surface area contributed by atoms with Crippen LogP contribution in [0.4, 0.5) is 4.39 Å². The molecule has 0 saturated carbocycles. The van der Waals surface area contributed by atoms with Crippen molar-refractivity contribution in [1.82, 2.24) is 15.5 Å². The van der Waals surface area contributed by atoms with Crippen molar-refractivity contribution in [2.24, 2.45) is 0 Å². The minimum Gasteiger partial charge on any atom is -0.348 e.